The average molecular weight is 272 g/mol. The van der Waals surface area contributed by atoms with Crippen LogP contribution in [0.3, 0.4) is 0 Å². The van der Waals surface area contributed by atoms with Crippen molar-refractivity contribution in [3.8, 4) is 0 Å². The Balaban J connectivity index is 1.64. The molecule has 0 spiro atoms. The van der Waals surface area contributed by atoms with Crippen LogP contribution in [-0.4, -0.2) is 35.2 Å². The van der Waals surface area contributed by atoms with Crippen molar-refractivity contribution in [2.45, 2.75) is 37.8 Å². The van der Waals surface area contributed by atoms with Gasteiger partial charge < -0.3 is 10.6 Å². The maximum absolute atomic E-state index is 12.3. The topological polar surface area (TPSA) is 69.8 Å². The number of rotatable bonds is 3. The second kappa shape index (κ2) is 5.63. The minimum atomic E-state index is 0.00871. The van der Waals surface area contributed by atoms with E-state index in [9.17, 15) is 4.79 Å². The number of carbonyl (C=O) groups is 1. The zero-order valence-corrected chi connectivity index (χ0v) is 11.6. The van der Waals surface area contributed by atoms with Gasteiger partial charge in [0.1, 0.15) is 0 Å². The minimum Gasteiger partial charge on any atom is -0.349 e. The fourth-order valence-electron chi connectivity index (χ4n) is 2.87. The van der Waals surface area contributed by atoms with E-state index in [2.05, 4.69) is 20.8 Å². The van der Waals surface area contributed by atoms with E-state index in [1.165, 1.54) is 0 Å². The Hall–Kier alpha value is -1.88. The molecule has 1 amide bonds. The molecule has 1 heterocycles. The van der Waals surface area contributed by atoms with Crippen molar-refractivity contribution in [3.63, 3.8) is 0 Å². The molecule has 0 aliphatic heterocycles. The lowest BCUT2D eigenvalue weighted by Gasteiger charge is -2.28. The monoisotopic (exact) mass is 272 g/mol. The zero-order chi connectivity index (χ0) is 13.9. The molecular formula is C15H20N4O. The molecule has 1 aliphatic rings. The summed E-state index contributed by atoms with van der Waals surface area (Å²) in [6.45, 7) is 0. The molecule has 1 aromatic heterocycles. The zero-order valence-electron chi connectivity index (χ0n) is 11.6. The first-order valence-corrected chi connectivity index (χ1v) is 7.17. The summed E-state index contributed by atoms with van der Waals surface area (Å²) in [6, 6.07) is 6.53. The SMILES string of the molecule is CNC1CCC(NC(=O)c2ccc3cn[nH]c3c2)CC1. The number of aromatic amines is 1. The number of carbonyl (C=O) groups excluding carboxylic acids is 1. The van der Waals surface area contributed by atoms with E-state index in [0.717, 1.165) is 36.6 Å². The highest BCUT2D eigenvalue weighted by Crippen LogP contribution is 2.19. The van der Waals surface area contributed by atoms with Gasteiger partial charge in [-0.1, -0.05) is 6.07 Å². The largest absolute Gasteiger partial charge is 0.349 e. The molecule has 1 aromatic carbocycles. The number of benzene rings is 1. The number of hydrogen-bond acceptors (Lipinski definition) is 3. The molecular weight excluding hydrogens is 252 g/mol. The Morgan fingerprint density at radius 3 is 2.75 bits per heavy atom. The van der Waals surface area contributed by atoms with Crippen LogP contribution < -0.4 is 10.6 Å². The molecule has 1 saturated carbocycles. The highest BCUT2D eigenvalue weighted by atomic mass is 16.1. The minimum absolute atomic E-state index is 0.00871. The second-order valence-corrected chi connectivity index (χ2v) is 5.48. The fourth-order valence-corrected chi connectivity index (χ4v) is 2.87. The predicted octanol–water partition coefficient (Wildman–Crippen LogP) is 1.82. The number of nitrogens with one attached hydrogen (secondary N) is 3. The average Bonchev–Trinajstić information content (AvgIpc) is 2.95. The molecule has 0 saturated heterocycles. The van der Waals surface area contributed by atoms with E-state index < -0.39 is 0 Å². The Morgan fingerprint density at radius 1 is 1.25 bits per heavy atom. The Labute approximate surface area is 118 Å². The van der Waals surface area contributed by atoms with Crippen molar-refractivity contribution < 1.29 is 4.79 Å². The lowest BCUT2D eigenvalue weighted by molar-refractivity contribution is 0.0925. The first kappa shape index (κ1) is 13.1. The number of hydrogen-bond donors (Lipinski definition) is 3. The predicted molar refractivity (Wildman–Crippen MR) is 78.7 cm³/mol. The van der Waals surface area contributed by atoms with Crippen molar-refractivity contribution in [1.82, 2.24) is 20.8 Å². The quantitative estimate of drug-likeness (QED) is 0.798. The van der Waals surface area contributed by atoms with Gasteiger partial charge in [0.25, 0.3) is 5.91 Å². The van der Waals surface area contributed by atoms with E-state index in [1.807, 2.05) is 25.2 Å². The van der Waals surface area contributed by atoms with Crippen molar-refractivity contribution in [1.29, 1.82) is 0 Å². The molecule has 20 heavy (non-hydrogen) atoms. The van der Waals surface area contributed by atoms with Gasteiger partial charge in [0, 0.05) is 23.0 Å². The number of amides is 1. The maximum Gasteiger partial charge on any atom is 0.251 e. The summed E-state index contributed by atoms with van der Waals surface area (Å²) in [7, 11) is 2.00. The van der Waals surface area contributed by atoms with Gasteiger partial charge in [0.05, 0.1) is 11.7 Å². The third-order valence-electron chi connectivity index (χ3n) is 4.17. The van der Waals surface area contributed by atoms with Crippen molar-refractivity contribution in [3.05, 3.63) is 30.0 Å². The van der Waals surface area contributed by atoms with Gasteiger partial charge in [0.15, 0.2) is 0 Å². The van der Waals surface area contributed by atoms with Gasteiger partial charge in [-0.2, -0.15) is 5.10 Å². The van der Waals surface area contributed by atoms with Crippen LogP contribution in [0.25, 0.3) is 10.9 Å². The molecule has 106 valence electrons. The third kappa shape index (κ3) is 2.67. The van der Waals surface area contributed by atoms with Crippen LogP contribution in [0.2, 0.25) is 0 Å². The number of aromatic nitrogens is 2. The molecule has 1 aliphatic carbocycles. The molecule has 0 bridgehead atoms. The summed E-state index contributed by atoms with van der Waals surface area (Å²) in [5, 5.41) is 14.3. The maximum atomic E-state index is 12.3. The van der Waals surface area contributed by atoms with Crippen molar-refractivity contribution >= 4 is 16.8 Å². The van der Waals surface area contributed by atoms with Crippen LogP contribution in [0.1, 0.15) is 36.0 Å². The molecule has 0 atom stereocenters. The van der Waals surface area contributed by atoms with Crippen LogP contribution in [0.5, 0.6) is 0 Å². The number of H-pyrrole nitrogens is 1. The Bertz CT molecular complexity index is 599. The number of nitrogens with zero attached hydrogens (tertiary/aromatic N) is 1. The summed E-state index contributed by atoms with van der Waals surface area (Å²) in [6.07, 6.45) is 6.10. The second-order valence-electron chi connectivity index (χ2n) is 5.48. The van der Waals surface area contributed by atoms with Crippen LogP contribution in [0.15, 0.2) is 24.4 Å². The molecule has 0 unspecified atom stereocenters. The lowest BCUT2D eigenvalue weighted by atomic mass is 9.91. The van der Waals surface area contributed by atoms with Gasteiger partial charge in [-0.3, -0.25) is 9.89 Å². The Kier molecular flexibility index (Phi) is 3.69. The van der Waals surface area contributed by atoms with Gasteiger partial charge in [0.2, 0.25) is 0 Å². The lowest BCUT2D eigenvalue weighted by Crippen LogP contribution is -2.41. The van der Waals surface area contributed by atoms with Crippen molar-refractivity contribution in [2.75, 3.05) is 7.05 Å². The third-order valence-corrected chi connectivity index (χ3v) is 4.17. The highest BCUT2D eigenvalue weighted by Gasteiger charge is 2.21. The van der Waals surface area contributed by atoms with Crippen LogP contribution in [0, 0.1) is 0 Å². The van der Waals surface area contributed by atoms with Crippen molar-refractivity contribution in [2.24, 2.45) is 0 Å². The smallest absolute Gasteiger partial charge is 0.251 e. The molecule has 3 rings (SSSR count). The van der Waals surface area contributed by atoms with E-state index in [0.29, 0.717) is 17.6 Å². The summed E-state index contributed by atoms with van der Waals surface area (Å²) < 4.78 is 0. The summed E-state index contributed by atoms with van der Waals surface area (Å²) in [5.41, 5.74) is 1.59. The normalized spacial score (nSPS) is 22.9. The number of fused-ring (bicyclic) bond motifs is 1. The van der Waals surface area contributed by atoms with Crippen LogP contribution in [0.4, 0.5) is 0 Å². The summed E-state index contributed by atoms with van der Waals surface area (Å²) in [4.78, 5) is 12.3. The van der Waals surface area contributed by atoms with E-state index >= 15 is 0 Å². The molecule has 5 nitrogen and oxygen atoms in total. The summed E-state index contributed by atoms with van der Waals surface area (Å²) in [5.74, 6) is 0.00871. The van der Waals surface area contributed by atoms with Gasteiger partial charge in [-0.05, 0) is 44.9 Å². The Morgan fingerprint density at radius 2 is 2.00 bits per heavy atom. The highest BCUT2D eigenvalue weighted by molar-refractivity contribution is 5.97. The summed E-state index contributed by atoms with van der Waals surface area (Å²) >= 11 is 0. The van der Waals surface area contributed by atoms with E-state index in [4.69, 9.17) is 0 Å². The molecule has 5 heteroatoms. The van der Waals surface area contributed by atoms with Gasteiger partial charge >= 0.3 is 0 Å². The van der Waals surface area contributed by atoms with E-state index in [-0.39, 0.29) is 5.91 Å². The van der Waals surface area contributed by atoms with Crippen LogP contribution >= 0.6 is 0 Å². The molecule has 0 radical (unpaired) electrons. The van der Waals surface area contributed by atoms with Crippen LogP contribution in [-0.2, 0) is 0 Å². The molecule has 3 N–H and O–H groups in total. The van der Waals surface area contributed by atoms with Gasteiger partial charge in [-0.15, -0.1) is 0 Å². The standard InChI is InChI=1S/C15H20N4O/c1-16-12-4-6-13(7-5-12)18-15(20)10-2-3-11-9-17-19-14(11)8-10/h2-3,8-9,12-13,16H,4-7H2,1H3,(H,17,19)(H,18,20). The molecule has 2 aromatic rings. The molecule has 1 fully saturated rings. The first-order valence-electron chi connectivity index (χ1n) is 7.17. The van der Waals surface area contributed by atoms with Gasteiger partial charge in [-0.25, -0.2) is 0 Å². The first-order chi connectivity index (χ1) is 9.76. The fraction of sp³-hybridized carbons (Fsp3) is 0.467. The van der Waals surface area contributed by atoms with E-state index in [1.54, 1.807) is 6.20 Å².